The van der Waals surface area contributed by atoms with Crippen LogP contribution >= 0.6 is 0 Å². The van der Waals surface area contributed by atoms with Gasteiger partial charge in [-0.15, -0.1) is 0 Å². The summed E-state index contributed by atoms with van der Waals surface area (Å²) in [6.45, 7) is 0.297. The Kier molecular flexibility index (Phi) is 2.92. The Morgan fingerprint density at radius 2 is 2.35 bits per heavy atom. The number of hydrogen-bond acceptors (Lipinski definition) is 4. The predicted molar refractivity (Wildman–Crippen MR) is 58.9 cm³/mol. The van der Waals surface area contributed by atoms with Crippen molar-refractivity contribution in [3.05, 3.63) is 34.3 Å². The van der Waals surface area contributed by atoms with Gasteiger partial charge in [-0.05, 0) is 17.7 Å². The fourth-order valence-electron chi connectivity index (χ4n) is 1.43. The van der Waals surface area contributed by atoms with Crippen molar-refractivity contribution >= 4 is 17.0 Å². The average molecular weight is 231 g/mol. The van der Waals surface area contributed by atoms with E-state index in [1.54, 1.807) is 24.3 Å². The first-order valence-corrected chi connectivity index (χ1v) is 4.94. The molecule has 0 saturated heterocycles. The van der Waals surface area contributed by atoms with Gasteiger partial charge in [-0.3, -0.25) is 9.78 Å². The summed E-state index contributed by atoms with van der Waals surface area (Å²) in [6.07, 6.45) is -0.165. The van der Waals surface area contributed by atoms with Crippen molar-refractivity contribution in [3.63, 3.8) is 0 Å². The summed E-state index contributed by atoms with van der Waals surface area (Å²) in [4.78, 5) is 24.5. The number of aromatic amines is 1. The smallest absolute Gasteiger partial charge is 0.408 e. The molecule has 0 aliphatic carbocycles. The summed E-state index contributed by atoms with van der Waals surface area (Å²) >= 11 is 0. The number of hydrogen-bond donors (Lipinski definition) is 2. The number of benzene rings is 1. The lowest BCUT2D eigenvalue weighted by Gasteiger charge is -2.02. The van der Waals surface area contributed by atoms with E-state index in [1.807, 2.05) is 0 Å². The van der Waals surface area contributed by atoms with Crippen LogP contribution < -0.4 is 11.1 Å². The van der Waals surface area contributed by atoms with Crippen LogP contribution in [0.1, 0.15) is 12.0 Å². The van der Waals surface area contributed by atoms with E-state index in [9.17, 15) is 9.59 Å². The number of rotatable bonds is 3. The molecule has 2 aromatic rings. The molecule has 0 saturated carbocycles. The highest BCUT2D eigenvalue weighted by atomic mass is 16.4. The van der Waals surface area contributed by atoms with Crippen molar-refractivity contribution in [2.75, 3.05) is 0 Å². The zero-order chi connectivity index (χ0) is 12.3. The molecule has 86 valence electrons. The molecule has 2 N–H and O–H groups in total. The number of nitrogens with one attached hydrogen (secondary N) is 2. The molecule has 6 heteroatoms. The molecule has 0 atom stereocenters. The zero-order valence-corrected chi connectivity index (χ0v) is 8.82. The van der Waals surface area contributed by atoms with Gasteiger partial charge in [-0.1, -0.05) is 6.07 Å². The van der Waals surface area contributed by atoms with Crippen molar-refractivity contribution in [2.45, 2.75) is 13.0 Å². The molecule has 1 heterocycles. The SMILES string of the molecule is N#CCC(=O)NCc1ccc2[nH]c(=O)oc2c1. The van der Waals surface area contributed by atoms with Crippen LogP contribution in [-0.4, -0.2) is 10.9 Å². The molecule has 1 aromatic heterocycles. The summed E-state index contributed by atoms with van der Waals surface area (Å²) in [5.41, 5.74) is 1.86. The highest BCUT2D eigenvalue weighted by Gasteiger charge is 2.03. The van der Waals surface area contributed by atoms with E-state index in [1.165, 1.54) is 0 Å². The van der Waals surface area contributed by atoms with Gasteiger partial charge >= 0.3 is 5.76 Å². The number of amides is 1. The van der Waals surface area contributed by atoms with Gasteiger partial charge in [0.2, 0.25) is 5.91 Å². The Hall–Kier alpha value is -2.55. The van der Waals surface area contributed by atoms with Crippen molar-refractivity contribution < 1.29 is 9.21 Å². The Morgan fingerprint density at radius 1 is 1.53 bits per heavy atom. The van der Waals surface area contributed by atoms with Crippen LogP contribution in [0.25, 0.3) is 11.1 Å². The van der Waals surface area contributed by atoms with E-state index in [0.29, 0.717) is 17.6 Å². The Bertz CT molecular complexity index is 648. The quantitative estimate of drug-likeness (QED) is 0.810. The Morgan fingerprint density at radius 3 is 3.12 bits per heavy atom. The minimum Gasteiger partial charge on any atom is -0.408 e. The molecule has 17 heavy (non-hydrogen) atoms. The first-order chi connectivity index (χ1) is 8.19. The van der Waals surface area contributed by atoms with Crippen LogP contribution in [0.4, 0.5) is 0 Å². The number of nitrogens with zero attached hydrogens (tertiary/aromatic N) is 1. The van der Waals surface area contributed by atoms with Gasteiger partial charge in [0.05, 0.1) is 11.6 Å². The fraction of sp³-hybridized carbons (Fsp3) is 0.182. The van der Waals surface area contributed by atoms with E-state index in [2.05, 4.69) is 10.3 Å². The van der Waals surface area contributed by atoms with E-state index >= 15 is 0 Å². The molecular weight excluding hydrogens is 222 g/mol. The van der Waals surface area contributed by atoms with Crippen LogP contribution in [-0.2, 0) is 11.3 Å². The van der Waals surface area contributed by atoms with Crippen molar-refractivity contribution in [3.8, 4) is 6.07 Å². The van der Waals surface area contributed by atoms with Crippen LogP contribution in [0.5, 0.6) is 0 Å². The normalized spacial score (nSPS) is 10.1. The lowest BCUT2D eigenvalue weighted by molar-refractivity contribution is -0.120. The summed E-state index contributed by atoms with van der Waals surface area (Å²) in [5, 5.41) is 10.9. The molecule has 0 aliphatic heterocycles. The van der Waals surface area contributed by atoms with E-state index in [0.717, 1.165) is 5.56 Å². The maximum Gasteiger partial charge on any atom is 0.417 e. The predicted octanol–water partition coefficient (Wildman–Crippen LogP) is 0.651. The lowest BCUT2D eigenvalue weighted by atomic mass is 10.2. The fourth-order valence-corrected chi connectivity index (χ4v) is 1.43. The van der Waals surface area contributed by atoms with Crippen molar-refractivity contribution in [2.24, 2.45) is 0 Å². The van der Waals surface area contributed by atoms with Gasteiger partial charge in [0.25, 0.3) is 0 Å². The van der Waals surface area contributed by atoms with Crippen LogP contribution in [0, 0.1) is 11.3 Å². The molecule has 2 rings (SSSR count). The first-order valence-electron chi connectivity index (χ1n) is 4.94. The standard InChI is InChI=1S/C11H9N3O3/c12-4-3-10(15)13-6-7-1-2-8-9(5-7)17-11(16)14-8/h1-2,5H,3,6H2,(H,13,15)(H,14,16). The zero-order valence-electron chi connectivity index (χ0n) is 8.82. The molecule has 0 unspecified atom stereocenters. The topological polar surface area (TPSA) is 98.9 Å². The minimum atomic E-state index is -0.509. The largest absolute Gasteiger partial charge is 0.417 e. The maximum absolute atomic E-state index is 11.1. The van der Waals surface area contributed by atoms with E-state index < -0.39 is 5.76 Å². The highest BCUT2D eigenvalue weighted by Crippen LogP contribution is 2.11. The second-order valence-corrected chi connectivity index (χ2v) is 3.46. The molecule has 0 aliphatic rings. The van der Waals surface area contributed by atoms with Crippen LogP contribution in [0.3, 0.4) is 0 Å². The Balaban J connectivity index is 2.12. The molecule has 1 amide bonds. The average Bonchev–Trinajstić information content (AvgIpc) is 2.66. The summed E-state index contributed by atoms with van der Waals surface area (Å²) in [5.74, 6) is -0.839. The lowest BCUT2D eigenvalue weighted by Crippen LogP contribution is -2.21. The third kappa shape index (κ3) is 2.52. The molecular formula is C11H9N3O3. The summed E-state index contributed by atoms with van der Waals surface area (Å²) in [7, 11) is 0. The van der Waals surface area contributed by atoms with E-state index in [4.69, 9.17) is 9.68 Å². The summed E-state index contributed by atoms with van der Waals surface area (Å²) in [6, 6.07) is 6.89. The van der Waals surface area contributed by atoms with Crippen LogP contribution in [0.15, 0.2) is 27.4 Å². The van der Waals surface area contributed by atoms with Crippen LogP contribution in [0.2, 0.25) is 0 Å². The van der Waals surface area contributed by atoms with E-state index in [-0.39, 0.29) is 12.3 Å². The monoisotopic (exact) mass is 231 g/mol. The molecule has 6 nitrogen and oxygen atoms in total. The number of nitriles is 1. The van der Waals surface area contributed by atoms with Gasteiger partial charge in [0, 0.05) is 6.54 Å². The second-order valence-electron chi connectivity index (χ2n) is 3.46. The number of aromatic nitrogens is 1. The van der Waals surface area contributed by atoms with Crippen molar-refractivity contribution in [1.29, 1.82) is 5.26 Å². The third-order valence-electron chi connectivity index (χ3n) is 2.21. The van der Waals surface area contributed by atoms with Crippen molar-refractivity contribution in [1.82, 2.24) is 10.3 Å². The Labute approximate surface area is 95.9 Å². The first kappa shape index (κ1) is 11.0. The second kappa shape index (κ2) is 4.53. The molecule has 0 bridgehead atoms. The number of carbonyl (C=O) groups is 1. The van der Waals surface area contributed by atoms with Gasteiger partial charge in [-0.25, -0.2) is 4.79 Å². The minimum absolute atomic E-state index is 0.165. The molecule has 1 aromatic carbocycles. The van der Waals surface area contributed by atoms with Gasteiger partial charge < -0.3 is 9.73 Å². The molecule has 0 spiro atoms. The number of oxazole rings is 1. The number of carbonyl (C=O) groups excluding carboxylic acids is 1. The number of H-pyrrole nitrogens is 1. The van der Waals surface area contributed by atoms with Gasteiger partial charge in [0.1, 0.15) is 6.42 Å². The molecule has 0 radical (unpaired) electrons. The van der Waals surface area contributed by atoms with Gasteiger partial charge in [-0.2, -0.15) is 5.26 Å². The maximum atomic E-state index is 11.1. The molecule has 0 fully saturated rings. The highest BCUT2D eigenvalue weighted by molar-refractivity contribution is 5.78. The summed E-state index contributed by atoms with van der Waals surface area (Å²) < 4.78 is 4.89. The van der Waals surface area contributed by atoms with Gasteiger partial charge in [0.15, 0.2) is 5.58 Å². The third-order valence-corrected chi connectivity index (χ3v) is 2.21. The number of fused-ring (bicyclic) bond motifs is 1.